The molecule has 0 aromatic heterocycles. The lowest BCUT2D eigenvalue weighted by Crippen LogP contribution is -2.23. The predicted octanol–water partition coefficient (Wildman–Crippen LogP) is 0.877. The molecule has 0 fully saturated rings. The van der Waals surface area contributed by atoms with Crippen LogP contribution in [-0.2, 0) is 0 Å². The number of aliphatic hydroxyl groups excluding tert-OH is 1. The maximum absolute atomic E-state index is 8.55. The zero-order valence-electron chi connectivity index (χ0n) is 6.93. The Morgan fingerprint density at radius 1 is 1.60 bits per heavy atom. The number of hydrogen-bond acceptors (Lipinski definition) is 2. The Morgan fingerprint density at radius 3 is 2.60 bits per heavy atom. The lowest BCUT2D eigenvalue weighted by molar-refractivity contribution is 0.229. The third kappa shape index (κ3) is 4.53. The summed E-state index contributed by atoms with van der Waals surface area (Å²) in [5.41, 5.74) is 1.22. The second kappa shape index (κ2) is 5.45. The van der Waals surface area contributed by atoms with Crippen molar-refractivity contribution in [1.82, 2.24) is 4.90 Å². The van der Waals surface area contributed by atoms with E-state index < -0.39 is 0 Å². The molecule has 2 heteroatoms. The minimum Gasteiger partial charge on any atom is -0.395 e. The van der Waals surface area contributed by atoms with Crippen LogP contribution in [0.4, 0.5) is 0 Å². The Bertz CT molecular complexity index is 101. The number of hydrogen-bond donors (Lipinski definition) is 1. The first kappa shape index (κ1) is 9.66. The predicted molar refractivity (Wildman–Crippen MR) is 44.0 cm³/mol. The molecule has 0 saturated heterocycles. The van der Waals surface area contributed by atoms with Crippen molar-refractivity contribution in [1.29, 1.82) is 0 Å². The molecule has 0 unspecified atom stereocenters. The van der Waals surface area contributed by atoms with Gasteiger partial charge in [0.1, 0.15) is 0 Å². The van der Waals surface area contributed by atoms with Crippen molar-refractivity contribution in [2.45, 2.75) is 13.3 Å². The Kier molecular flexibility index (Phi) is 5.26. The molecule has 0 aromatic rings. The summed E-state index contributed by atoms with van der Waals surface area (Å²) in [5.74, 6) is 0. The van der Waals surface area contributed by atoms with Crippen molar-refractivity contribution in [2.24, 2.45) is 0 Å². The zero-order chi connectivity index (χ0) is 7.98. The molecule has 60 valence electrons. The van der Waals surface area contributed by atoms with Crippen molar-refractivity contribution in [3.05, 3.63) is 12.2 Å². The molecule has 0 aliphatic heterocycles. The van der Waals surface area contributed by atoms with Crippen LogP contribution in [0.1, 0.15) is 13.3 Å². The van der Waals surface area contributed by atoms with E-state index in [0.717, 1.165) is 19.5 Å². The van der Waals surface area contributed by atoms with Gasteiger partial charge in [-0.25, -0.2) is 0 Å². The van der Waals surface area contributed by atoms with Crippen LogP contribution in [0.3, 0.4) is 0 Å². The quantitative estimate of drug-likeness (QED) is 0.577. The van der Waals surface area contributed by atoms with Crippen molar-refractivity contribution in [3.8, 4) is 0 Å². The Labute approximate surface area is 63.2 Å². The van der Waals surface area contributed by atoms with E-state index in [0.29, 0.717) is 0 Å². The van der Waals surface area contributed by atoms with Gasteiger partial charge in [0.25, 0.3) is 0 Å². The second-order valence-corrected chi connectivity index (χ2v) is 2.56. The fraction of sp³-hybridized carbons (Fsp3) is 0.750. The Balaban J connectivity index is 3.37. The first-order chi connectivity index (χ1) is 4.70. The molecule has 0 saturated carbocycles. The molecule has 0 spiro atoms. The summed E-state index contributed by atoms with van der Waals surface area (Å²) < 4.78 is 0. The minimum absolute atomic E-state index is 0.230. The van der Waals surface area contributed by atoms with Gasteiger partial charge in [-0.2, -0.15) is 0 Å². The highest BCUT2D eigenvalue weighted by Gasteiger charge is 1.96. The standard InChI is InChI=1S/C8H17NO/c1-4-8(2)7-9(3)5-6-10/h10H,2,4-7H2,1,3H3. The highest BCUT2D eigenvalue weighted by atomic mass is 16.3. The van der Waals surface area contributed by atoms with Gasteiger partial charge in [-0.05, 0) is 13.5 Å². The fourth-order valence-electron chi connectivity index (χ4n) is 0.743. The molecule has 0 bridgehead atoms. The minimum atomic E-state index is 0.230. The van der Waals surface area contributed by atoms with Gasteiger partial charge in [0, 0.05) is 13.1 Å². The van der Waals surface area contributed by atoms with Crippen LogP contribution in [0, 0.1) is 0 Å². The largest absolute Gasteiger partial charge is 0.395 e. The van der Waals surface area contributed by atoms with Crippen molar-refractivity contribution < 1.29 is 5.11 Å². The monoisotopic (exact) mass is 143 g/mol. The molecule has 0 aliphatic rings. The highest BCUT2D eigenvalue weighted by molar-refractivity contribution is 4.95. The third-order valence-electron chi connectivity index (χ3n) is 1.48. The summed E-state index contributed by atoms with van der Waals surface area (Å²) in [5, 5.41) is 8.55. The summed E-state index contributed by atoms with van der Waals surface area (Å²) in [6.45, 7) is 7.83. The van der Waals surface area contributed by atoms with E-state index in [9.17, 15) is 0 Å². The van der Waals surface area contributed by atoms with Crippen LogP contribution in [0.25, 0.3) is 0 Å². The SMILES string of the molecule is C=C(CC)CN(C)CCO. The van der Waals surface area contributed by atoms with Crippen LogP contribution in [0.15, 0.2) is 12.2 Å². The van der Waals surface area contributed by atoms with Crippen LogP contribution >= 0.6 is 0 Å². The van der Waals surface area contributed by atoms with Crippen LogP contribution in [0.5, 0.6) is 0 Å². The lowest BCUT2D eigenvalue weighted by Gasteiger charge is -2.15. The van der Waals surface area contributed by atoms with Gasteiger partial charge in [0.15, 0.2) is 0 Å². The molecule has 0 amide bonds. The highest BCUT2D eigenvalue weighted by Crippen LogP contribution is 1.97. The summed E-state index contributed by atoms with van der Waals surface area (Å²) in [7, 11) is 1.98. The summed E-state index contributed by atoms with van der Waals surface area (Å²) in [6, 6.07) is 0. The van der Waals surface area contributed by atoms with Gasteiger partial charge in [-0.1, -0.05) is 19.1 Å². The molecule has 1 N–H and O–H groups in total. The molecule has 0 rings (SSSR count). The first-order valence-electron chi connectivity index (χ1n) is 3.66. The molecular weight excluding hydrogens is 126 g/mol. The average Bonchev–Trinajstić information content (AvgIpc) is 1.88. The van der Waals surface area contributed by atoms with Crippen LogP contribution in [-0.4, -0.2) is 36.8 Å². The van der Waals surface area contributed by atoms with Crippen molar-refractivity contribution >= 4 is 0 Å². The molecule has 2 nitrogen and oxygen atoms in total. The Morgan fingerprint density at radius 2 is 2.20 bits per heavy atom. The second-order valence-electron chi connectivity index (χ2n) is 2.56. The van der Waals surface area contributed by atoms with Crippen molar-refractivity contribution in [3.63, 3.8) is 0 Å². The fourth-order valence-corrected chi connectivity index (χ4v) is 0.743. The van der Waals surface area contributed by atoms with E-state index >= 15 is 0 Å². The third-order valence-corrected chi connectivity index (χ3v) is 1.48. The number of likely N-dealkylation sites (N-methyl/N-ethyl adjacent to an activating group) is 1. The zero-order valence-corrected chi connectivity index (χ0v) is 6.93. The van der Waals surface area contributed by atoms with Gasteiger partial charge >= 0.3 is 0 Å². The Hall–Kier alpha value is -0.340. The van der Waals surface area contributed by atoms with E-state index in [-0.39, 0.29) is 6.61 Å². The van der Waals surface area contributed by atoms with Crippen LogP contribution < -0.4 is 0 Å². The van der Waals surface area contributed by atoms with Crippen LogP contribution in [0.2, 0.25) is 0 Å². The normalized spacial score (nSPS) is 10.4. The van der Waals surface area contributed by atoms with E-state index in [1.807, 2.05) is 7.05 Å². The molecule has 0 radical (unpaired) electrons. The van der Waals surface area contributed by atoms with Gasteiger partial charge < -0.3 is 10.0 Å². The van der Waals surface area contributed by atoms with Gasteiger partial charge in [-0.3, -0.25) is 0 Å². The average molecular weight is 143 g/mol. The molecule has 0 heterocycles. The van der Waals surface area contributed by atoms with Gasteiger partial charge in [0.05, 0.1) is 6.61 Å². The summed E-state index contributed by atoms with van der Waals surface area (Å²) in [4.78, 5) is 2.06. The summed E-state index contributed by atoms with van der Waals surface area (Å²) in [6.07, 6.45) is 1.02. The van der Waals surface area contributed by atoms with Gasteiger partial charge in [-0.15, -0.1) is 0 Å². The lowest BCUT2D eigenvalue weighted by atomic mass is 10.2. The summed E-state index contributed by atoms with van der Waals surface area (Å²) >= 11 is 0. The topological polar surface area (TPSA) is 23.5 Å². The van der Waals surface area contributed by atoms with E-state index in [2.05, 4.69) is 18.4 Å². The van der Waals surface area contributed by atoms with E-state index in [4.69, 9.17) is 5.11 Å². The van der Waals surface area contributed by atoms with E-state index in [1.165, 1.54) is 5.57 Å². The molecule has 10 heavy (non-hydrogen) atoms. The van der Waals surface area contributed by atoms with E-state index in [1.54, 1.807) is 0 Å². The maximum Gasteiger partial charge on any atom is 0.0558 e. The molecule has 0 aliphatic carbocycles. The first-order valence-corrected chi connectivity index (χ1v) is 3.66. The molecule has 0 atom stereocenters. The van der Waals surface area contributed by atoms with Crippen molar-refractivity contribution in [2.75, 3.05) is 26.7 Å². The van der Waals surface area contributed by atoms with Gasteiger partial charge in [0.2, 0.25) is 0 Å². The molecule has 0 aromatic carbocycles. The smallest absolute Gasteiger partial charge is 0.0558 e. The number of nitrogens with zero attached hydrogens (tertiary/aromatic N) is 1. The number of aliphatic hydroxyl groups is 1. The number of rotatable bonds is 5. The maximum atomic E-state index is 8.55. The molecular formula is C8H17NO.